The quantitative estimate of drug-likeness (QED) is 0.659. The van der Waals surface area contributed by atoms with Gasteiger partial charge in [-0.3, -0.25) is 10.1 Å². The SMILES string of the molecule is CCc1ccc(-c2csc(NC(=O)COc3ccc(Cl)cc3)n2)cc1. The fraction of sp³-hybridized carbons (Fsp3) is 0.158. The Labute approximate surface area is 155 Å². The number of amides is 1. The molecule has 3 aromatic rings. The second-order valence-corrected chi connectivity index (χ2v) is 6.67. The zero-order valence-electron chi connectivity index (χ0n) is 13.7. The van der Waals surface area contributed by atoms with Gasteiger partial charge in [0.15, 0.2) is 11.7 Å². The Hall–Kier alpha value is -2.37. The molecule has 3 rings (SSSR count). The number of hydrogen-bond acceptors (Lipinski definition) is 4. The Bertz CT molecular complexity index is 845. The van der Waals surface area contributed by atoms with Crippen molar-refractivity contribution in [2.75, 3.05) is 11.9 Å². The van der Waals surface area contributed by atoms with Crippen LogP contribution in [-0.2, 0) is 11.2 Å². The van der Waals surface area contributed by atoms with E-state index in [2.05, 4.69) is 29.4 Å². The van der Waals surface area contributed by atoms with Gasteiger partial charge in [-0.25, -0.2) is 4.98 Å². The van der Waals surface area contributed by atoms with Crippen LogP contribution in [0.25, 0.3) is 11.3 Å². The number of nitrogens with one attached hydrogen (secondary N) is 1. The van der Waals surface area contributed by atoms with E-state index < -0.39 is 0 Å². The third kappa shape index (κ3) is 4.81. The van der Waals surface area contributed by atoms with Crippen LogP contribution in [0.5, 0.6) is 5.75 Å². The highest BCUT2D eigenvalue weighted by atomic mass is 35.5. The molecular formula is C19H17ClN2O2S. The molecule has 128 valence electrons. The minimum absolute atomic E-state index is 0.0816. The van der Waals surface area contributed by atoms with Gasteiger partial charge in [-0.1, -0.05) is 42.8 Å². The lowest BCUT2D eigenvalue weighted by molar-refractivity contribution is -0.118. The largest absolute Gasteiger partial charge is 0.484 e. The summed E-state index contributed by atoms with van der Waals surface area (Å²) >= 11 is 7.20. The lowest BCUT2D eigenvalue weighted by Gasteiger charge is -2.05. The minimum Gasteiger partial charge on any atom is -0.484 e. The first-order valence-electron chi connectivity index (χ1n) is 7.87. The minimum atomic E-state index is -0.253. The lowest BCUT2D eigenvalue weighted by Crippen LogP contribution is -2.20. The number of ether oxygens (including phenoxy) is 1. The van der Waals surface area contributed by atoms with Crippen molar-refractivity contribution in [3.05, 3.63) is 64.5 Å². The van der Waals surface area contributed by atoms with Crippen LogP contribution in [0.1, 0.15) is 12.5 Å². The maximum Gasteiger partial charge on any atom is 0.264 e. The number of anilines is 1. The van der Waals surface area contributed by atoms with Gasteiger partial charge in [-0.15, -0.1) is 11.3 Å². The van der Waals surface area contributed by atoms with E-state index in [-0.39, 0.29) is 12.5 Å². The number of nitrogens with zero attached hydrogens (tertiary/aromatic N) is 1. The predicted octanol–water partition coefficient (Wildman–Crippen LogP) is 5.04. The highest BCUT2D eigenvalue weighted by Gasteiger charge is 2.09. The van der Waals surface area contributed by atoms with Crippen LogP contribution in [0.3, 0.4) is 0 Å². The summed E-state index contributed by atoms with van der Waals surface area (Å²) in [4.78, 5) is 16.4. The molecule has 0 saturated heterocycles. The Balaban J connectivity index is 1.56. The molecule has 1 amide bonds. The molecule has 1 N–H and O–H groups in total. The van der Waals surface area contributed by atoms with Crippen molar-refractivity contribution in [3.8, 4) is 17.0 Å². The lowest BCUT2D eigenvalue weighted by atomic mass is 10.1. The van der Waals surface area contributed by atoms with Gasteiger partial charge in [0, 0.05) is 16.0 Å². The molecule has 0 atom stereocenters. The summed E-state index contributed by atoms with van der Waals surface area (Å²) < 4.78 is 5.42. The predicted molar refractivity (Wildman–Crippen MR) is 103 cm³/mol. The van der Waals surface area contributed by atoms with Gasteiger partial charge >= 0.3 is 0 Å². The van der Waals surface area contributed by atoms with E-state index in [0.717, 1.165) is 17.7 Å². The summed E-state index contributed by atoms with van der Waals surface area (Å²) in [5, 5.41) is 5.86. The van der Waals surface area contributed by atoms with Crippen molar-refractivity contribution in [2.45, 2.75) is 13.3 Å². The van der Waals surface area contributed by atoms with Gasteiger partial charge in [-0.2, -0.15) is 0 Å². The molecule has 0 aliphatic rings. The van der Waals surface area contributed by atoms with E-state index in [1.807, 2.05) is 17.5 Å². The molecule has 0 spiro atoms. The molecule has 25 heavy (non-hydrogen) atoms. The van der Waals surface area contributed by atoms with Gasteiger partial charge in [0.2, 0.25) is 0 Å². The number of hydrogen-bond donors (Lipinski definition) is 1. The van der Waals surface area contributed by atoms with Crippen LogP contribution in [0.2, 0.25) is 5.02 Å². The third-order valence-electron chi connectivity index (χ3n) is 3.59. The zero-order valence-corrected chi connectivity index (χ0v) is 15.2. The van der Waals surface area contributed by atoms with Gasteiger partial charge < -0.3 is 4.74 Å². The summed E-state index contributed by atoms with van der Waals surface area (Å²) in [5.74, 6) is 0.340. The van der Waals surface area contributed by atoms with Gasteiger partial charge in [0.25, 0.3) is 5.91 Å². The zero-order chi connectivity index (χ0) is 17.6. The molecule has 2 aromatic carbocycles. The Kier molecular flexibility index (Phi) is 5.68. The molecule has 0 fully saturated rings. The van der Waals surface area contributed by atoms with Crippen molar-refractivity contribution in [2.24, 2.45) is 0 Å². The van der Waals surface area contributed by atoms with Crippen LogP contribution in [-0.4, -0.2) is 17.5 Å². The maximum absolute atomic E-state index is 12.0. The molecule has 0 saturated carbocycles. The second-order valence-electron chi connectivity index (χ2n) is 5.38. The summed E-state index contributed by atoms with van der Waals surface area (Å²) in [6.45, 7) is 2.04. The average molecular weight is 373 g/mol. The number of aryl methyl sites for hydroxylation is 1. The maximum atomic E-state index is 12.0. The molecular weight excluding hydrogens is 356 g/mol. The van der Waals surface area contributed by atoms with E-state index in [9.17, 15) is 4.79 Å². The van der Waals surface area contributed by atoms with Crippen molar-refractivity contribution < 1.29 is 9.53 Å². The van der Waals surface area contributed by atoms with E-state index in [0.29, 0.717) is 15.9 Å². The second kappa shape index (κ2) is 8.14. The number of rotatable bonds is 6. The fourth-order valence-corrected chi connectivity index (χ4v) is 3.07. The Morgan fingerprint density at radius 3 is 2.56 bits per heavy atom. The van der Waals surface area contributed by atoms with E-state index in [4.69, 9.17) is 16.3 Å². The molecule has 6 heteroatoms. The topological polar surface area (TPSA) is 51.2 Å². The van der Waals surface area contributed by atoms with E-state index >= 15 is 0 Å². The molecule has 0 unspecified atom stereocenters. The summed E-state index contributed by atoms with van der Waals surface area (Å²) in [6.07, 6.45) is 1.01. The Morgan fingerprint density at radius 2 is 1.88 bits per heavy atom. The number of carbonyl (C=O) groups is 1. The molecule has 0 bridgehead atoms. The van der Waals surface area contributed by atoms with E-state index in [1.54, 1.807) is 24.3 Å². The van der Waals surface area contributed by atoms with Crippen LogP contribution in [0.4, 0.5) is 5.13 Å². The molecule has 1 aromatic heterocycles. The fourth-order valence-electron chi connectivity index (χ4n) is 2.21. The monoisotopic (exact) mass is 372 g/mol. The average Bonchev–Trinajstić information content (AvgIpc) is 3.10. The number of halogens is 1. The van der Waals surface area contributed by atoms with Gasteiger partial charge in [0.05, 0.1) is 5.69 Å². The molecule has 0 aliphatic heterocycles. The molecule has 4 nitrogen and oxygen atoms in total. The molecule has 1 heterocycles. The van der Waals surface area contributed by atoms with Crippen molar-refractivity contribution in [1.82, 2.24) is 4.98 Å². The third-order valence-corrected chi connectivity index (χ3v) is 4.60. The first-order valence-corrected chi connectivity index (χ1v) is 9.13. The van der Waals surface area contributed by atoms with Gasteiger partial charge in [-0.05, 0) is 36.2 Å². The van der Waals surface area contributed by atoms with Crippen molar-refractivity contribution in [1.29, 1.82) is 0 Å². The van der Waals surface area contributed by atoms with Crippen LogP contribution in [0.15, 0.2) is 53.9 Å². The van der Waals surface area contributed by atoms with Crippen molar-refractivity contribution in [3.63, 3.8) is 0 Å². The number of benzene rings is 2. The van der Waals surface area contributed by atoms with E-state index in [1.165, 1.54) is 16.9 Å². The Morgan fingerprint density at radius 1 is 1.16 bits per heavy atom. The number of thiazole rings is 1. The summed E-state index contributed by atoms with van der Waals surface area (Å²) in [6, 6.07) is 15.1. The molecule has 0 radical (unpaired) electrons. The van der Waals surface area contributed by atoms with Crippen LogP contribution < -0.4 is 10.1 Å². The smallest absolute Gasteiger partial charge is 0.264 e. The van der Waals surface area contributed by atoms with Gasteiger partial charge in [0.1, 0.15) is 5.75 Å². The standard InChI is InChI=1S/C19H17ClN2O2S/c1-2-13-3-5-14(6-4-13)17-12-25-19(21-17)22-18(23)11-24-16-9-7-15(20)8-10-16/h3-10,12H,2,11H2,1H3,(H,21,22,23). The summed E-state index contributed by atoms with van der Waals surface area (Å²) in [5.41, 5.74) is 3.17. The normalized spacial score (nSPS) is 10.5. The first-order chi connectivity index (χ1) is 12.1. The summed E-state index contributed by atoms with van der Waals surface area (Å²) in [7, 11) is 0. The number of aromatic nitrogens is 1. The number of carbonyl (C=O) groups excluding carboxylic acids is 1. The van der Waals surface area contributed by atoms with Crippen molar-refractivity contribution >= 4 is 34.0 Å². The van der Waals surface area contributed by atoms with Crippen LogP contribution in [0, 0.1) is 0 Å². The van der Waals surface area contributed by atoms with Crippen LogP contribution >= 0.6 is 22.9 Å². The first kappa shape index (κ1) is 17.5. The molecule has 0 aliphatic carbocycles. The highest BCUT2D eigenvalue weighted by Crippen LogP contribution is 2.25. The highest BCUT2D eigenvalue weighted by molar-refractivity contribution is 7.14.